The highest BCUT2D eigenvalue weighted by Crippen LogP contribution is 2.68. The summed E-state index contributed by atoms with van der Waals surface area (Å²) < 4.78 is 4.86. The number of aliphatic hydroxyl groups is 2. The standard InChI is InChI=1S/C25H42O4/c1-15(5-8-22(28)29-4)18-6-7-19-23-20(10-12-25(18,19)3)24(2)11-9-17(26)13-16(24)14-21(23)27/h15-21,23,26-27H,5-14H2,1-4H3/t15-,16-,17+,18-,19+,20+,21+,23+,24-,25+/m0/s1. The Hall–Kier alpha value is -0.610. The summed E-state index contributed by atoms with van der Waals surface area (Å²) in [6, 6.07) is 0. The molecule has 0 heterocycles. The Kier molecular flexibility index (Phi) is 5.83. The highest BCUT2D eigenvalue weighted by Gasteiger charge is 2.62. The second kappa shape index (κ2) is 7.82. The zero-order valence-electron chi connectivity index (χ0n) is 18.9. The number of aliphatic hydroxyl groups excluding tert-OH is 2. The van der Waals surface area contributed by atoms with Crippen molar-refractivity contribution in [1.82, 2.24) is 0 Å². The lowest BCUT2D eigenvalue weighted by molar-refractivity contribution is -0.174. The minimum Gasteiger partial charge on any atom is -0.469 e. The number of carbonyl (C=O) groups is 1. The molecule has 2 N–H and O–H groups in total. The van der Waals surface area contributed by atoms with Crippen molar-refractivity contribution in [2.24, 2.45) is 46.3 Å². The summed E-state index contributed by atoms with van der Waals surface area (Å²) >= 11 is 0. The van der Waals surface area contributed by atoms with Crippen molar-refractivity contribution in [1.29, 1.82) is 0 Å². The molecule has 0 aliphatic heterocycles. The molecule has 0 radical (unpaired) electrons. The predicted molar refractivity (Wildman–Crippen MR) is 113 cm³/mol. The Morgan fingerprint density at radius 2 is 1.72 bits per heavy atom. The number of hydrogen-bond donors (Lipinski definition) is 2. The molecule has 4 rings (SSSR count). The molecule has 4 fully saturated rings. The van der Waals surface area contributed by atoms with Gasteiger partial charge in [0.15, 0.2) is 0 Å². The summed E-state index contributed by atoms with van der Waals surface area (Å²) in [4.78, 5) is 11.6. The Morgan fingerprint density at radius 1 is 1.03 bits per heavy atom. The predicted octanol–water partition coefficient (Wildman–Crippen LogP) is 4.57. The van der Waals surface area contributed by atoms with Crippen molar-refractivity contribution in [2.75, 3.05) is 7.11 Å². The molecule has 0 aromatic rings. The first-order chi connectivity index (χ1) is 13.7. The van der Waals surface area contributed by atoms with Gasteiger partial charge >= 0.3 is 5.97 Å². The van der Waals surface area contributed by atoms with Gasteiger partial charge in [0.1, 0.15) is 0 Å². The molecule has 0 aromatic heterocycles. The molecule has 29 heavy (non-hydrogen) atoms. The fourth-order valence-electron chi connectivity index (χ4n) is 8.82. The summed E-state index contributed by atoms with van der Waals surface area (Å²) in [5.74, 6) is 3.17. The maximum atomic E-state index is 11.6. The van der Waals surface area contributed by atoms with E-state index in [1.807, 2.05) is 0 Å². The van der Waals surface area contributed by atoms with Gasteiger partial charge in [0.2, 0.25) is 0 Å². The number of ether oxygens (including phenoxy) is 1. The monoisotopic (exact) mass is 406 g/mol. The highest BCUT2D eigenvalue weighted by molar-refractivity contribution is 5.69. The third kappa shape index (κ3) is 3.46. The van der Waals surface area contributed by atoms with Crippen LogP contribution in [0.15, 0.2) is 0 Å². The molecule has 0 amide bonds. The number of esters is 1. The Morgan fingerprint density at radius 3 is 2.45 bits per heavy atom. The molecule has 0 bridgehead atoms. The number of rotatable bonds is 4. The largest absolute Gasteiger partial charge is 0.469 e. The van der Waals surface area contributed by atoms with Crippen LogP contribution < -0.4 is 0 Å². The first-order valence-electron chi connectivity index (χ1n) is 12.1. The molecule has 4 aliphatic carbocycles. The molecule has 0 spiro atoms. The number of fused-ring (bicyclic) bond motifs is 5. The minimum absolute atomic E-state index is 0.0959. The van der Waals surface area contributed by atoms with E-state index in [4.69, 9.17) is 4.74 Å². The van der Waals surface area contributed by atoms with Gasteiger partial charge in [-0.05, 0) is 104 Å². The van der Waals surface area contributed by atoms with Gasteiger partial charge in [0, 0.05) is 6.42 Å². The smallest absolute Gasteiger partial charge is 0.305 e. The summed E-state index contributed by atoms with van der Waals surface area (Å²) in [5.41, 5.74) is 0.577. The van der Waals surface area contributed by atoms with Gasteiger partial charge in [-0.2, -0.15) is 0 Å². The molecule has 0 unspecified atom stereocenters. The van der Waals surface area contributed by atoms with Crippen molar-refractivity contribution in [2.45, 2.75) is 97.2 Å². The van der Waals surface area contributed by atoms with E-state index in [1.54, 1.807) is 0 Å². The fourth-order valence-corrected chi connectivity index (χ4v) is 8.82. The molecule has 0 aromatic carbocycles. The van der Waals surface area contributed by atoms with Crippen LogP contribution in [0.3, 0.4) is 0 Å². The second-order valence-corrected chi connectivity index (χ2v) is 11.5. The molecular weight excluding hydrogens is 364 g/mol. The lowest BCUT2D eigenvalue weighted by atomic mass is 9.43. The molecule has 4 saturated carbocycles. The van der Waals surface area contributed by atoms with E-state index in [9.17, 15) is 15.0 Å². The average Bonchev–Trinajstić information content (AvgIpc) is 3.04. The number of hydrogen-bond acceptors (Lipinski definition) is 4. The second-order valence-electron chi connectivity index (χ2n) is 11.5. The SMILES string of the molecule is COC(=O)CC[C@H](C)[C@@H]1CC[C@@H]2[C@H]3[C@H](O)C[C@@H]4C[C@H](O)CC[C@]4(C)[C@@H]3CC[C@@]21C. The van der Waals surface area contributed by atoms with Crippen LogP contribution in [0.5, 0.6) is 0 Å². The highest BCUT2D eigenvalue weighted by atomic mass is 16.5. The summed E-state index contributed by atoms with van der Waals surface area (Å²) in [6.45, 7) is 7.29. The van der Waals surface area contributed by atoms with E-state index in [0.29, 0.717) is 47.3 Å². The molecule has 4 nitrogen and oxygen atoms in total. The first kappa shape index (κ1) is 21.6. The normalized spacial score (nSPS) is 50.2. The zero-order valence-corrected chi connectivity index (χ0v) is 18.9. The third-order valence-corrected chi connectivity index (χ3v) is 10.4. The van der Waals surface area contributed by atoms with Gasteiger partial charge < -0.3 is 14.9 Å². The summed E-state index contributed by atoms with van der Waals surface area (Å²) in [5, 5.41) is 21.5. The van der Waals surface area contributed by atoms with Crippen molar-refractivity contribution in [3.8, 4) is 0 Å². The maximum Gasteiger partial charge on any atom is 0.305 e. The van der Waals surface area contributed by atoms with E-state index in [2.05, 4.69) is 20.8 Å². The van der Waals surface area contributed by atoms with Crippen molar-refractivity contribution >= 4 is 5.97 Å². The zero-order chi connectivity index (χ0) is 21.0. The van der Waals surface area contributed by atoms with E-state index in [1.165, 1.54) is 32.8 Å². The van der Waals surface area contributed by atoms with Gasteiger partial charge in [-0.1, -0.05) is 20.8 Å². The van der Waals surface area contributed by atoms with Crippen LogP contribution >= 0.6 is 0 Å². The minimum atomic E-state index is -0.211. The lowest BCUT2D eigenvalue weighted by Crippen LogP contribution is -2.58. The van der Waals surface area contributed by atoms with Gasteiger partial charge in [0.05, 0.1) is 19.3 Å². The summed E-state index contributed by atoms with van der Waals surface area (Å²) in [6.07, 6.45) is 9.80. The van der Waals surface area contributed by atoms with Crippen LogP contribution in [0.2, 0.25) is 0 Å². The Bertz CT molecular complexity index is 620. The van der Waals surface area contributed by atoms with E-state index in [0.717, 1.165) is 32.1 Å². The van der Waals surface area contributed by atoms with Gasteiger partial charge in [-0.3, -0.25) is 4.79 Å². The van der Waals surface area contributed by atoms with Crippen LogP contribution in [-0.2, 0) is 9.53 Å². The maximum absolute atomic E-state index is 11.6. The van der Waals surface area contributed by atoms with Crippen molar-refractivity contribution in [3.05, 3.63) is 0 Å². The number of methoxy groups -OCH3 is 1. The molecule has 166 valence electrons. The van der Waals surface area contributed by atoms with E-state index < -0.39 is 0 Å². The van der Waals surface area contributed by atoms with Crippen LogP contribution in [0.4, 0.5) is 0 Å². The van der Waals surface area contributed by atoms with Gasteiger partial charge in [-0.15, -0.1) is 0 Å². The first-order valence-corrected chi connectivity index (χ1v) is 12.1. The molecule has 4 aliphatic rings. The lowest BCUT2D eigenvalue weighted by Gasteiger charge is -2.62. The molecule has 10 atom stereocenters. The van der Waals surface area contributed by atoms with Gasteiger partial charge in [-0.25, -0.2) is 0 Å². The Balaban J connectivity index is 1.53. The van der Waals surface area contributed by atoms with E-state index >= 15 is 0 Å². The van der Waals surface area contributed by atoms with Gasteiger partial charge in [0.25, 0.3) is 0 Å². The quantitative estimate of drug-likeness (QED) is 0.671. The van der Waals surface area contributed by atoms with Crippen molar-refractivity contribution in [3.63, 3.8) is 0 Å². The Labute approximate surface area is 176 Å². The average molecular weight is 407 g/mol. The van der Waals surface area contributed by atoms with Crippen LogP contribution in [-0.4, -0.2) is 35.5 Å². The molecule has 0 saturated heterocycles. The van der Waals surface area contributed by atoms with Crippen LogP contribution in [0.25, 0.3) is 0 Å². The topological polar surface area (TPSA) is 66.8 Å². The third-order valence-electron chi connectivity index (χ3n) is 10.4. The fraction of sp³-hybridized carbons (Fsp3) is 0.960. The van der Waals surface area contributed by atoms with Crippen LogP contribution in [0, 0.1) is 46.3 Å². The van der Waals surface area contributed by atoms with Crippen molar-refractivity contribution < 1.29 is 19.7 Å². The molecule has 4 heteroatoms. The molecular formula is C25H42O4. The van der Waals surface area contributed by atoms with E-state index in [-0.39, 0.29) is 23.6 Å². The summed E-state index contributed by atoms with van der Waals surface area (Å²) in [7, 11) is 1.48. The van der Waals surface area contributed by atoms with Crippen LogP contribution in [0.1, 0.15) is 85.0 Å². The number of carbonyl (C=O) groups excluding carboxylic acids is 1.